The highest BCUT2D eigenvalue weighted by atomic mass is 16.5. The van der Waals surface area contributed by atoms with E-state index >= 15 is 0 Å². The Balaban J connectivity index is 1.54. The SMILES string of the molecule is Cc1noc(CN2CCN(Cc3c(C)nn(CCO)c3C)CC2)n1. The molecular formula is C16H26N6O2. The average molecular weight is 334 g/mol. The molecule has 3 heterocycles. The van der Waals surface area contributed by atoms with Crippen LogP contribution in [0.4, 0.5) is 0 Å². The van der Waals surface area contributed by atoms with Crippen molar-refractivity contribution >= 4 is 0 Å². The summed E-state index contributed by atoms with van der Waals surface area (Å²) in [5.41, 5.74) is 3.50. The number of hydrogen-bond donors (Lipinski definition) is 1. The van der Waals surface area contributed by atoms with Crippen molar-refractivity contribution in [3.63, 3.8) is 0 Å². The molecule has 1 aliphatic heterocycles. The lowest BCUT2D eigenvalue weighted by molar-refractivity contribution is 0.112. The second kappa shape index (κ2) is 7.42. The van der Waals surface area contributed by atoms with Crippen molar-refractivity contribution < 1.29 is 9.63 Å². The van der Waals surface area contributed by atoms with Gasteiger partial charge in [-0.2, -0.15) is 10.1 Å². The normalized spacial score (nSPS) is 16.8. The predicted octanol–water partition coefficient (Wildman–Crippen LogP) is 0.501. The van der Waals surface area contributed by atoms with E-state index in [0.717, 1.165) is 50.7 Å². The topological polar surface area (TPSA) is 83.5 Å². The van der Waals surface area contributed by atoms with Crippen LogP contribution >= 0.6 is 0 Å². The van der Waals surface area contributed by atoms with E-state index in [1.807, 2.05) is 18.5 Å². The van der Waals surface area contributed by atoms with Gasteiger partial charge in [-0.05, 0) is 20.8 Å². The van der Waals surface area contributed by atoms with Gasteiger partial charge in [0, 0.05) is 44.0 Å². The molecule has 2 aromatic heterocycles. The molecule has 0 spiro atoms. The van der Waals surface area contributed by atoms with Crippen molar-refractivity contribution in [1.82, 2.24) is 29.7 Å². The Kier molecular flexibility index (Phi) is 5.27. The summed E-state index contributed by atoms with van der Waals surface area (Å²) in [6.45, 7) is 12.3. The summed E-state index contributed by atoms with van der Waals surface area (Å²) in [6, 6.07) is 0. The fraction of sp³-hybridized carbons (Fsp3) is 0.688. The molecule has 132 valence electrons. The van der Waals surface area contributed by atoms with Gasteiger partial charge in [0.1, 0.15) is 0 Å². The molecule has 0 aromatic carbocycles. The summed E-state index contributed by atoms with van der Waals surface area (Å²) in [5, 5.41) is 17.5. The Morgan fingerprint density at radius 3 is 2.29 bits per heavy atom. The zero-order valence-corrected chi connectivity index (χ0v) is 14.7. The van der Waals surface area contributed by atoms with E-state index in [-0.39, 0.29) is 6.61 Å². The third-order valence-electron chi connectivity index (χ3n) is 4.62. The number of aromatic nitrogens is 4. The molecule has 1 aliphatic rings. The minimum absolute atomic E-state index is 0.120. The van der Waals surface area contributed by atoms with E-state index in [4.69, 9.17) is 9.63 Å². The largest absolute Gasteiger partial charge is 0.394 e. The highest BCUT2D eigenvalue weighted by Gasteiger charge is 2.21. The number of hydrogen-bond acceptors (Lipinski definition) is 7. The summed E-state index contributed by atoms with van der Waals surface area (Å²) in [5.74, 6) is 1.38. The molecule has 2 aromatic rings. The Bertz CT molecular complexity index is 672. The third kappa shape index (κ3) is 3.82. The van der Waals surface area contributed by atoms with E-state index < -0.39 is 0 Å². The van der Waals surface area contributed by atoms with E-state index in [0.29, 0.717) is 18.3 Å². The minimum atomic E-state index is 0.120. The first-order valence-electron chi connectivity index (χ1n) is 8.44. The first kappa shape index (κ1) is 17.1. The summed E-state index contributed by atoms with van der Waals surface area (Å²) >= 11 is 0. The molecule has 0 aliphatic carbocycles. The van der Waals surface area contributed by atoms with Gasteiger partial charge < -0.3 is 9.63 Å². The second-order valence-electron chi connectivity index (χ2n) is 6.38. The monoisotopic (exact) mass is 334 g/mol. The van der Waals surface area contributed by atoms with E-state index in [2.05, 4.69) is 32.0 Å². The van der Waals surface area contributed by atoms with Crippen LogP contribution < -0.4 is 0 Å². The molecule has 0 radical (unpaired) electrons. The molecule has 3 rings (SSSR count). The van der Waals surface area contributed by atoms with Crippen LogP contribution in [0.15, 0.2) is 4.52 Å². The van der Waals surface area contributed by atoms with Gasteiger partial charge in [0.2, 0.25) is 5.89 Å². The molecule has 0 atom stereocenters. The van der Waals surface area contributed by atoms with Crippen LogP contribution in [0.3, 0.4) is 0 Å². The number of piperazine rings is 1. The van der Waals surface area contributed by atoms with Crippen LogP contribution in [0.2, 0.25) is 0 Å². The quantitative estimate of drug-likeness (QED) is 0.823. The smallest absolute Gasteiger partial charge is 0.240 e. The average Bonchev–Trinajstić information content (AvgIpc) is 3.08. The van der Waals surface area contributed by atoms with Gasteiger partial charge in [0.15, 0.2) is 5.82 Å². The Labute approximate surface area is 142 Å². The molecule has 1 N–H and O–H groups in total. The second-order valence-corrected chi connectivity index (χ2v) is 6.38. The Hall–Kier alpha value is -1.77. The molecule has 24 heavy (non-hydrogen) atoms. The van der Waals surface area contributed by atoms with Gasteiger partial charge in [-0.1, -0.05) is 5.16 Å². The van der Waals surface area contributed by atoms with Crippen LogP contribution in [-0.2, 0) is 19.6 Å². The lowest BCUT2D eigenvalue weighted by atomic mass is 10.1. The molecule has 1 fully saturated rings. The highest BCUT2D eigenvalue weighted by molar-refractivity contribution is 5.24. The zero-order chi connectivity index (χ0) is 17.1. The first-order valence-corrected chi connectivity index (χ1v) is 8.44. The van der Waals surface area contributed by atoms with Gasteiger partial charge in [-0.3, -0.25) is 14.5 Å². The van der Waals surface area contributed by atoms with Gasteiger partial charge >= 0.3 is 0 Å². The fourth-order valence-corrected chi connectivity index (χ4v) is 3.20. The lowest BCUT2D eigenvalue weighted by Crippen LogP contribution is -2.45. The maximum Gasteiger partial charge on any atom is 0.240 e. The van der Waals surface area contributed by atoms with Crippen LogP contribution in [0, 0.1) is 20.8 Å². The van der Waals surface area contributed by atoms with Crippen molar-refractivity contribution in [3.05, 3.63) is 28.7 Å². The molecule has 0 amide bonds. The summed E-state index contributed by atoms with van der Waals surface area (Å²) in [4.78, 5) is 9.07. The van der Waals surface area contributed by atoms with E-state index in [1.54, 1.807) is 0 Å². The van der Waals surface area contributed by atoms with Crippen molar-refractivity contribution in [2.75, 3.05) is 32.8 Å². The number of nitrogens with zero attached hydrogens (tertiary/aromatic N) is 6. The number of aliphatic hydroxyl groups is 1. The van der Waals surface area contributed by atoms with Crippen LogP contribution in [0.1, 0.15) is 28.7 Å². The molecule has 0 bridgehead atoms. The summed E-state index contributed by atoms with van der Waals surface area (Å²) in [6.07, 6.45) is 0. The standard InChI is InChI=1S/C16H26N6O2/c1-12-15(13(2)22(18-12)8-9-23)10-20-4-6-21(7-5-20)11-16-17-14(3)19-24-16/h23H,4-11H2,1-3H3. The number of rotatable bonds is 6. The molecular weight excluding hydrogens is 308 g/mol. The predicted molar refractivity (Wildman–Crippen MR) is 88.4 cm³/mol. The molecule has 0 saturated carbocycles. The van der Waals surface area contributed by atoms with Gasteiger partial charge in [-0.15, -0.1) is 0 Å². The maximum absolute atomic E-state index is 9.12. The molecule has 8 nitrogen and oxygen atoms in total. The van der Waals surface area contributed by atoms with Crippen molar-refractivity contribution in [2.45, 2.75) is 40.4 Å². The van der Waals surface area contributed by atoms with Crippen molar-refractivity contribution in [1.29, 1.82) is 0 Å². The molecule has 8 heteroatoms. The van der Waals surface area contributed by atoms with Gasteiger partial charge in [0.25, 0.3) is 0 Å². The van der Waals surface area contributed by atoms with Gasteiger partial charge in [-0.25, -0.2) is 0 Å². The highest BCUT2D eigenvalue weighted by Crippen LogP contribution is 2.17. The minimum Gasteiger partial charge on any atom is -0.394 e. The van der Waals surface area contributed by atoms with Crippen LogP contribution in [0.5, 0.6) is 0 Å². The maximum atomic E-state index is 9.12. The Morgan fingerprint density at radius 2 is 1.71 bits per heavy atom. The number of aryl methyl sites for hydroxylation is 2. The Morgan fingerprint density at radius 1 is 1.04 bits per heavy atom. The molecule has 1 saturated heterocycles. The summed E-state index contributed by atoms with van der Waals surface area (Å²) < 4.78 is 7.10. The summed E-state index contributed by atoms with van der Waals surface area (Å²) in [7, 11) is 0. The number of aliphatic hydroxyl groups excluding tert-OH is 1. The van der Waals surface area contributed by atoms with E-state index in [9.17, 15) is 0 Å². The molecule has 0 unspecified atom stereocenters. The van der Waals surface area contributed by atoms with Gasteiger partial charge in [0.05, 0.1) is 25.4 Å². The van der Waals surface area contributed by atoms with Crippen LogP contribution in [-0.4, -0.2) is 67.6 Å². The third-order valence-corrected chi connectivity index (χ3v) is 4.62. The first-order chi connectivity index (χ1) is 11.6. The zero-order valence-electron chi connectivity index (χ0n) is 14.7. The lowest BCUT2D eigenvalue weighted by Gasteiger charge is -2.33. The van der Waals surface area contributed by atoms with Crippen molar-refractivity contribution in [2.24, 2.45) is 0 Å². The van der Waals surface area contributed by atoms with Crippen molar-refractivity contribution in [3.8, 4) is 0 Å². The van der Waals surface area contributed by atoms with Crippen LogP contribution in [0.25, 0.3) is 0 Å². The fourth-order valence-electron chi connectivity index (χ4n) is 3.20. The van der Waals surface area contributed by atoms with E-state index in [1.165, 1.54) is 5.56 Å².